The van der Waals surface area contributed by atoms with Crippen molar-refractivity contribution >= 4 is 12.1 Å². The highest BCUT2D eigenvalue weighted by atomic mass is 16.6. The lowest BCUT2D eigenvalue weighted by Crippen LogP contribution is -2.62. The standard InChI is InChI=1S/C25H38N2O4/c1-19(2)21(22(28)30-17-20-11-7-6-8-12-20)27-16-10-14-25(27)13-9-15-26(18-25)23(29)31-24(3,4)5/h6-8,11-12,19,21H,9-10,13-18H2,1-5H3/t21-,25-/m0/s1. The molecule has 2 heterocycles. The van der Waals surface area contributed by atoms with E-state index in [0.29, 0.717) is 13.1 Å². The summed E-state index contributed by atoms with van der Waals surface area (Å²) in [6.45, 7) is 12.3. The molecular weight excluding hydrogens is 392 g/mol. The molecule has 1 amide bonds. The van der Waals surface area contributed by atoms with E-state index in [1.54, 1.807) is 0 Å². The van der Waals surface area contributed by atoms with E-state index in [9.17, 15) is 9.59 Å². The first-order valence-corrected chi connectivity index (χ1v) is 11.6. The highest BCUT2D eigenvalue weighted by Gasteiger charge is 2.50. The number of hydrogen-bond acceptors (Lipinski definition) is 5. The van der Waals surface area contributed by atoms with Gasteiger partial charge in [0.15, 0.2) is 0 Å². The summed E-state index contributed by atoms with van der Waals surface area (Å²) in [7, 11) is 0. The van der Waals surface area contributed by atoms with Crippen LogP contribution in [0.2, 0.25) is 0 Å². The molecule has 0 bridgehead atoms. The topological polar surface area (TPSA) is 59.1 Å². The number of likely N-dealkylation sites (tertiary alicyclic amines) is 2. The molecule has 2 aliphatic heterocycles. The molecule has 6 nitrogen and oxygen atoms in total. The second kappa shape index (κ2) is 9.60. The van der Waals surface area contributed by atoms with Crippen molar-refractivity contribution in [3.63, 3.8) is 0 Å². The first-order chi connectivity index (χ1) is 14.6. The fourth-order valence-corrected chi connectivity index (χ4v) is 5.00. The number of esters is 1. The summed E-state index contributed by atoms with van der Waals surface area (Å²) in [4.78, 5) is 30.1. The van der Waals surface area contributed by atoms with Gasteiger partial charge < -0.3 is 14.4 Å². The number of nitrogens with zero attached hydrogens (tertiary/aromatic N) is 2. The molecular formula is C25H38N2O4. The van der Waals surface area contributed by atoms with Crippen LogP contribution in [0.25, 0.3) is 0 Å². The Labute approximate surface area is 186 Å². The van der Waals surface area contributed by atoms with Crippen molar-refractivity contribution < 1.29 is 19.1 Å². The van der Waals surface area contributed by atoms with Gasteiger partial charge in [-0.05, 0) is 64.5 Å². The third kappa shape index (κ3) is 5.79. The Morgan fingerprint density at radius 2 is 1.71 bits per heavy atom. The van der Waals surface area contributed by atoms with Crippen LogP contribution in [0, 0.1) is 5.92 Å². The zero-order valence-electron chi connectivity index (χ0n) is 19.7. The normalized spacial score (nSPS) is 23.2. The minimum atomic E-state index is -0.515. The van der Waals surface area contributed by atoms with Crippen molar-refractivity contribution in [2.24, 2.45) is 5.92 Å². The average molecular weight is 431 g/mol. The van der Waals surface area contributed by atoms with E-state index in [2.05, 4.69) is 18.7 Å². The lowest BCUT2D eigenvalue weighted by Gasteiger charge is -2.48. The molecule has 1 aromatic rings. The number of carbonyl (C=O) groups excluding carboxylic acids is 2. The molecule has 2 fully saturated rings. The largest absolute Gasteiger partial charge is 0.460 e. The van der Waals surface area contributed by atoms with E-state index in [0.717, 1.165) is 37.8 Å². The van der Waals surface area contributed by atoms with Crippen LogP contribution >= 0.6 is 0 Å². The number of carbonyl (C=O) groups is 2. The summed E-state index contributed by atoms with van der Waals surface area (Å²) in [5, 5.41) is 0. The molecule has 1 aromatic carbocycles. The lowest BCUT2D eigenvalue weighted by molar-refractivity contribution is -0.156. The number of hydrogen-bond donors (Lipinski definition) is 0. The van der Waals surface area contributed by atoms with E-state index in [1.165, 1.54) is 0 Å². The Hall–Kier alpha value is -2.08. The predicted molar refractivity (Wildman–Crippen MR) is 121 cm³/mol. The first-order valence-electron chi connectivity index (χ1n) is 11.6. The summed E-state index contributed by atoms with van der Waals surface area (Å²) in [5.74, 6) is -0.0512. The van der Waals surface area contributed by atoms with Gasteiger partial charge in [0, 0.05) is 18.6 Å². The van der Waals surface area contributed by atoms with Gasteiger partial charge in [0.1, 0.15) is 18.2 Å². The zero-order chi connectivity index (χ0) is 22.6. The molecule has 1 spiro atoms. The van der Waals surface area contributed by atoms with Gasteiger partial charge in [0.25, 0.3) is 0 Å². The van der Waals surface area contributed by atoms with Crippen LogP contribution in [0.4, 0.5) is 4.79 Å². The maximum Gasteiger partial charge on any atom is 0.410 e. The molecule has 0 unspecified atom stereocenters. The summed E-state index contributed by atoms with van der Waals surface area (Å²) in [6.07, 6.45) is 3.66. The highest BCUT2D eigenvalue weighted by Crippen LogP contribution is 2.40. The smallest absolute Gasteiger partial charge is 0.410 e. The van der Waals surface area contributed by atoms with Crippen LogP contribution in [0.15, 0.2) is 30.3 Å². The van der Waals surface area contributed by atoms with Crippen molar-refractivity contribution in [1.82, 2.24) is 9.80 Å². The van der Waals surface area contributed by atoms with Gasteiger partial charge in [-0.1, -0.05) is 44.2 Å². The van der Waals surface area contributed by atoms with Crippen LogP contribution in [-0.4, -0.2) is 58.7 Å². The minimum Gasteiger partial charge on any atom is -0.460 e. The van der Waals surface area contributed by atoms with Crippen molar-refractivity contribution in [3.05, 3.63) is 35.9 Å². The number of piperidine rings is 1. The van der Waals surface area contributed by atoms with Crippen molar-refractivity contribution in [2.45, 2.75) is 84.1 Å². The minimum absolute atomic E-state index is 0.121. The van der Waals surface area contributed by atoms with Crippen LogP contribution in [0.1, 0.15) is 65.9 Å². The van der Waals surface area contributed by atoms with E-state index >= 15 is 0 Å². The molecule has 2 atom stereocenters. The van der Waals surface area contributed by atoms with Crippen LogP contribution in [0.3, 0.4) is 0 Å². The molecule has 2 aliphatic rings. The average Bonchev–Trinajstić information content (AvgIpc) is 3.08. The van der Waals surface area contributed by atoms with E-state index in [4.69, 9.17) is 9.47 Å². The van der Waals surface area contributed by atoms with Crippen LogP contribution < -0.4 is 0 Å². The molecule has 172 valence electrons. The Kier molecular flexibility index (Phi) is 7.30. The summed E-state index contributed by atoms with van der Waals surface area (Å²) in [5.41, 5.74) is 0.289. The third-order valence-electron chi connectivity index (χ3n) is 6.29. The molecule has 2 saturated heterocycles. The van der Waals surface area contributed by atoms with Gasteiger partial charge in [0.05, 0.1) is 0 Å². The second-order valence-electron chi connectivity index (χ2n) is 10.3. The number of ether oxygens (including phenoxy) is 2. The van der Waals surface area contributed by atoms with Gasteiger partial charge in [-0.15, -0.1) is 0 Å². The second-order valence-corrected chi connectivity index (χ2v) is 10.3. The number of rotatable bonds is 5. The van der Waals surface area contributed by atoms with Crippen molar-refractivity contribution in [3.8, 4) is 0 Å². The summed E-state index contributed by atoms with van der Waals surface area (Å²) >= 11 is 0. The fourth-order valence-electron chi connectivity index (χ4n) is 5.00. The van der Waals surface area contributed by atoms with Crippen LogP contribution in [-0.2, 0) is 20.9 Å². The first kappa shape index (κ1) is 23.6. The Morgan fingerprint density at radius 3 is 2.32 bits per heavy atom. The zero-order valence-corrected chi connectivity index (χ0v) is 19.7. The molecule has 0 saturated carbocycles. The Morgan fingerprint density at radius 1 is 1.06 bits per heavy atom. The maximum atomic E-state index is 13.2. The van der Waals surface area contributed by atoms with Gasteiger partial charge >= 0.3 is 12.1 Å². The summed E-state index contributed by atoms with van der Waals surface area (Å²) in [6, 6.07) is 9.47. The fraction of sp³-hybridized carbons (Fsp3) is 0.680. The Balaban J connectivity index is 1.73. The highest BCUT2D eigenvalue weighted by molar-refractivity contribution is 5.76. The molecule has 3 rings (SSSR count). The van der Waals surface area contributed by atoms with Crippen LogP contribution in [0.5, 0.6) is 0 Å². The SMILES string of the molecule is CC(C)[C@@H](C(=O)OCc1ccccc1)N1CCC[C@]12CCCN(C(=O)OC(C)(C)C)C2. The number of benzene rings is 1. The van der Waals surface area contributed by atoms with Crippen molar-refractivity contribution in [2.75, 3.05) is 19.6 Å². The summed E-state index contributed by atoms with van der Waals surface area (Å²) < 4.78 is 11.4. The monoisotopic (exact) mass is 430 g/mol. The van der Waals surface area contributed by atoms with Crippen molar-refractivity contribution in [1.29, 1.82) is 0 Å². The Bertz CT molecular complexity index is 759. The molecule has 0 aromatic heterocycles. The molecule has 0 radical (unpaired) electrons. The predicted octanol–water partition coefficient (Wildman–Crippen LogP) is 4.62. The van der Waals surface area contributed by atoms with Gasteiger partial charge in [-0.3, -0.25) is 9.69 Å². The molecule has 0 aliphatic carbocycles. The van der Waals surface area contributed by atoms with Gasteiger partial charge in [-0.25, -0.2) is 4.79 Å². The third-order valence-corrected chi connectivity index (χ3v) is 6.29. The molecule has 6 heteroatoms. The maximum absolute atomic E-state index is 13.2. The van der Waals surface area contributed by atoms with E-state index in [-0.39, 0.29) is 36.2 Å². The molecule has 31 heavy (non-hydrogen) atoms. The van der Waals surface area contributed by atoms with Gasteiger partial charge in [0.2, 0.25) is 0 Å². The molecule has 0 N–H and O–H groups in total. The lowest BCUT2D eigenvalue weighted by atomic mass is 9.84. The van der Waals surface area contributed by atoms with E-state index < -0.39 is 5.60 Å². The van der Waals surface area contributed by atoms with E-state index in [1.807, 2.05) is 56.0 Å². The number of amides is 1. The van der Waals surface area contributed by atoms with Gasteiger partial charge in [-0.2, -0.15) is 0 Å². The quantitative estimate of drug-likeness (QED) is 0.638.